The monoisotopic (exact) mass is 508 g/mol. The number of hydrogen-bond donors (Lipinski definition) is 1. The van der Waals surface area contributed by atoms with Crippen LogP contribution in [0.2, 0.25) is 0 Å². The number of likely N-dealkylation sites (tertiary alicyclic amines) is 1. The molecule has 2 rings (SSSR count). The lowest BCUT2D eigenvalue weighted by Crippen LogP contribution is -2.40. The van der Waals surface area contributed by atoms with Gasteiger partial charge in [0.1, 0.15) is 0 Å². The van der Waals surface area contributed by atoms with Crippen LogP contribution in [-0.4, -0.2) is 55.5 Å². The molecule has 1 N–H and O–H groups in total. The Labute approximate surface area is 172 Å². The van der Waals surface area contributed by atoms with E-state index in [0.717, 1.165) is 49.1 Å². The zero-order chi connectivity index (χ0) is 16.7. The second-order valence-corrected chi connectivity index (χ2v) is 7.03. The highest BCUT2D eigenvalue weighted by Gasteiger charge is 2.25. The van der Waals surface area contributed by atoms with Crippen LogP contribution in [0, 0.1) is 5.92 Å². The quantitative estimate of drug-likeness (QED) is 0.360. The van der Waals surface area contributed by atoms with E-state index in [4.69, 9.17) is 0 Å². The summed E-state index contributed by atoms with van der Waals surface area (Å²) in [4.78, 5) is 9.38. The van der Waals surface area contributed by atoms with E-state index in [1.165, 1.54) is 18.5 Å². The number of nitrogens with one attached hydrogen (secondary N) is 1. The minimum absolute atomic E-state index is 0. The van der Waals surface area contributed by atoms with Gasteiger partial charge in [-0.3, -0.25) is 4.99 Å². The molecule has 1 fully saturated rings. The fourth-order valence-electron chi connectivity index (χ4n) is 3.14. The van der Waals surface area contributed by atoms with E-state index in [2.05, 4.69) is 74.2 Å². The summed E-state index contributed by atoms with van der Waals surface area (Å²) >= 11 is 3.47. The highest BCUT2D eigenvalue weighted by molar-refractivity contribution is 14.0. The van der Waals surface area contributed by atoms with Crippen molar-refractivity contribution in [2.75, 3.05) is 39.8 Å². The second kappa shape index (κ2) is 11.3. The average Bonchev–Trinajstić information content (AvgIpc) is 3.03. The number of rotatable bonds is 6. The molecule has 1 aromatic rings. The molecule has 0 saturated carbocycles. The van der Waals surface area contributed by atoms with Gasteiger partial charge < -0.3 is 15.1 Å². The van der Waals surface area contributed by atoms with Gasteiger partial charge >= 0.3 is 0 Å². The SMILES string of the molecule is CCN(CC)CC1CCN(C(=NC)NCc2ccc(Br)cc2)C1.I. The second-order valence-electron chi connectivity index (χ2n) is 6.11. The van der Waals surface area contributed by atoms with Crippen LogP contribution >= 0.6 is 39.9 Å². The molecule has 1 aliphatic heterocycles. The number of nitrogens with zero attached hydrogens (tertiary/aromatic N) is 3. The summed E-state index contributed by atoms with van der Waals surface area (Å²) in [6.07, 6.45) is 1.26. The summed E-state index contributed by atoms with van der Waals surface area (Å²) < 4.78 is 1.12. The third kappa shape index (κ3) is 6.52. The molecule has 0 spiro atoms. The number of halogens is 2. The number of benzene rings is 1. The predicted octanol–water partition coefficient (Wildman–Crippen LogP) is 3.81. The third-order valence-corrected chi connectivity index (χ3v) is 5.10. The Morgan fingerprint density at radius 2 is 1.96 bits per heavy atom. The molecule has 1 unspecified atom stereocenters. The summed E-state index contributed by atoms with van der Waals surface area (Å²) in [6.45, 7) is 11.0. The van der Waals surface area contributed by atoms with E-state index in [9.17, 15) is 0 Å². The Hall–Kier alpha value is -0.340. The summed E-state index contributed by atoms with van der Waals surface area (Å²) in [6, 6.07) is 8.43. The van der Waals surface area contributed by atoms with Gasteiger partial charge in [-0.1, -0.05) is 41.9 Å². The molecule has 136 valence electrons. The first-order valence-corrected chi connectivity index (χ1v) is 9.37. The van der Waals surface area contributed by atoms with Crippen molar-refractivity contribution in [3.05, 3.63) is 34.3 Å². The maximum absolute atomic E-state index is 4.47. The first-order chi connectivity index (χ1) is 11.2. The fourth-order valence-corrected chi connectivity index (χ4v) is 3.40. The van der Waals surface area contributed by atoms with Crippen molar-refractivity contribution in [1.29, 1.82) is 0 Å². The minimum atomic E-state index is 0. The van der Waals surface area contributed by atoms with E-state index in [0.29, 0.717) is 0 Å². The van der Waals surface area contributed by atoms with Gasteiger partial charge in [-0.05, 0) is 43.1 Å². The topological polar surface area (TPSA) is 30.9 Å². The predicted molar refractivity (Wildman–Crippen MR) is 117 cm³/mol. The molecular formula is C18H30BrIN4. The molecule has 4 nitrogen and oxygen atoms in total. The van der Waals surface area contributed by atoms with Gasteiger partial charge in [0.2, 0.25) is 0 Å². The average molecular weight is 509 g/mol. The zero-order valence-corrected chi connectivity index (χ0v) is 18.9. The van der Waals surface area contributed by atoms with E-state index in [-0.39, 0.29) is 24.0 Å². The molecule has 1 aromatic carbocycles. The minimum Gasteiger partial charge on any atom is -0.352 e. The van der Waals surface area contributed by atoms with Gasteiger partial charge in [-0.2, -0.15) is 0 Å². The van der Waals surface area contributed by atoms with Crippen LogP contribution in [0.15, 0.2) is 33.7 Å². The summed E-state index contributed by atoms with van der Waals surface area (Å²) in [5, 5.41) is 3.50. The van der Waals surface area contributed by atoms with Crippen molar-refractivity contribution in [1.82, 2.24) is 15.1 Å². The number of aliphatic imine (C=N–C) groups is 1. The molecule has 1 aliphatic rings. The highest BCUT2D eigenvalue weighted by Crippen LogP contribution is 2.18. The van der Waals surface area contributed by atoms with Crippen LogP contribution in [0.3, 0.4) is 0 Å². The van der Waals surface area contributed by atoms with Crippen LogP contribution in [-0.2, 0) is 6.54 Å². The molecule has 1 saturated heterocycles. The van der Waals surface area contributed by atoms with Crippen LogP contribution in [0.4, 0.5) is 0 Å². The zero-order valence-electron chi connectivity index (χ0n) is 15.0. The van der Waals surface area contributed by atoms with Gasteiger partial charge in [-0.15, -0.1) is 24.0 Å². The molecule has 0 bridgehead atoms. The van der Waals surface area contributed by atoms with Crippen LogP contribution in [0.1, 0.15) is 25.8 Å². The normalized spacial score (nSPS) is 18.0. The lowest BCUT2D eigenvalue weighted by atomic mass is 10.1. The van der Waals surface area contributed by atoms with Crippen molar-refractivity contribution in [3.63, 3.8) is 0 Å². The Bertz CT molecular complexity index is 502. The number of guanidine groups is 1. The molecule has 0 aliphatic carbocycles. The Kier molecular flexibility index (Phi) is 10.2. The summed E-state index contributed by atoms with van der Waals surface area (Å²) in [5.41, 5.74) is 1.27. The maximum Gasteiger partial charge on any atom is 0.193 e. The molecule has 24 heavy (non-hydrogen) atoms. The molecule has 0 aromatic heterocycles. The van der Waals surface area contributed by atoms with Gasteiger partial charge in [0, 0.05) is 37.7 Å². The van der Waals surface area contributed by atoms with E-state index in [1.807, 2.05) is 7.05 Å². The molecule has 0 amide bonds. The lowest BCUT2D eigenvalue weighted by Gasteiger charge is -2.24. The van der Waals surface area contributed by atoms with Gasteiger partial charge in [0.25, 0.3) is 0 Å². The van der Waals surface area contributed by atoms with Crippen molar-refractivity contribution >= 4 is 45.9 Å². The Balaban J connectivity index is 0.00000288. The molecule has 1 heterocycles. The first kappa shape index (κ1) is 21.7. The number of hydrogen-bond acceptors (Lipinski definition) is 2. The van der Waals surface area contributed by atoms with Crippen molar-refractivity contribution in [2.45, 2.75) is 26.8 Å². The first-order valence-electron chi connectivity index (χ1n) is 8.58. The standard InChI is InChI=1S/C18H29BrN4.HI/c1-4-22(5-2)13-16-10-11-23(14-16)18(20-3)21-12-15-6-8-17(19)9-7-15;/h6-9,16H,4-5,10-14H2,1-3H3,(H,20,21);1H. The fraction of sp³-hybridized carbons (Fsp3) is 0.611. The van der Waals surface area contributed by atoms with E-state index < -0.39 is 0 Å². The summed E-state index contributed by atoms with van der Waals surface area (Å²) in [7, 11) is 1.88. The summed E-state index contributed by atoms with van der Waals surface area (Å²) in [5.74, 6) is 1.77. The van der Waals surface area contributed by atoms with Crippen LogP contribution < -0.4 is 5.32 Å². The highest BCUT2D eigenvalue weighted by atomic mass is 127. The van der Waals surface area contributed by atoms with E-state index in [1.54, 1.807) is 0 Å². The van der Waals surface area contributed by atoms with Crippen molar-refractivity contribution in [2.24, 2.45) is 10.9 Å². The van der Waals surface area contributed by atoms with Gasteiger partial charge in [-0.25, -0.2) is 0 Å². The molecule has 1 atom stereocenters. The largest absolute Gasteiger partial charge is 0.352 e. The molecular weight excluding hydrogens is 479 g/mol. The van der Waals surface area contributed by atoms with Crippen molar-refractivity contribution in [3.8, 4) is 0 Å². The van der Waals surface area contributed by atoms with Gasteiger partial charge in [0.15, 0.2) is 5.96 Å². The van der Waals surface area contributed by atoms with Crippen LogP contribution in [0.5, 0.6) is 0 Å². The molecule has 6 heteroatoms. The maximum atomic E-state index is 4.47. The van der Waals surface area contributed by atoms with E-state index >= 15 is 0 Å². The third-order valence-electron chi connectivity index (χ3n) is 4.57. The smallest absolute Gasteiger partial charge is 0.193 e. The van der Waals surface area contributed by atoms with Gasteiger partial charge in [0.05, 0.1) is 0 Å². The Morgan fingerprint density at radius 1 is 1.29 bits per heavy atom. The molecule has 0 radical (unpaired) electrons. The van der Waals surface area contributed by atoms with Crippen molar-refractivity contribution < 1.29 is 0 Å². The lowest BCUT2D eigenvalue weighted by molar-refractivity contribution is 0.255. The Morgan fingerprint density at radius 3 is 2.54 bits per heavy atom. The van der Waals surface area contributed by atoms with Crippen LogP contribution in [0.25, 0.3) is 0 Å².